The van der Waals surface area contributed by atoms with Gasteiger partial charge in [-0.15, -0.1) is 0 Å². The quantitative estimate of drug-likeness (QED) is 0.840. The lowest BCUT2D eigenvalue weighted by atomic mass is 10.2. The summed E-state index contributed by atoms with van der Waals surface area (Å²) in [7, 11) is 0. The van der Waals surface area contributed by atoms with Crippen molar-refractivity contribution in [2.24, 2.45) is 11.5 Å². The number of fused-ring (bicyclic) bond motifs is 3. The van der Waals surface area contributed by atoms with E-state index in [1.807, 2.05) is 29.9 Å². The molecule has 0 saturated carbocycles. The fourth-order valence-corrected chi connectivity index (χ4v) is 2.27. The van der Waals surface area contributed by atoms with Crippen LogP contribution < -0.4 is 20.9 Å². The normalized spacial score (nSPS) is 19.6. The Bertz CT molecular complexity index is 594. The molecule has 0 bridgehead atoms. The second-order valence-electron chi connectivity index (χ2n) is 4.92. The van der Waals surface area contributed by atoms with Crippen molar-refractivity contribution >= 4 is 10.9 Å². The molecule has 19 heavy (non-hydrogen) atoms. The summed E-state index contributed by atoms with van der Waals surface area (Å²) in [4.78, 5) is 0. The van der Waals surface area contributed by atoms with E-state index in [0.717, 1.165) is 22.4 Å². The third-order valence-corrected chi connectivity index (χ3v) is 3.15. The fraction of sp³-hybridized carbons (Fsp3) is 0.462. The maximum atomic E-state index is 5.92. The Balaban J connectivity index is 2.11. The zero-order valence-corrected chi connectivity index (χ0v) is 10.9. The third kappa shape index (κ3) is 2.13. The van der Waals surface area contributed by atoms with Crippen molar-refractivity contribution < 1.29 is 9.47 Å². The smallest absolute Gasteiger partial charge is 0.187 e. The van der Waals surface area contributed by atoms with E-state index in [-0.39, 0.29) is 12.1 Å². The zero-order chi connectivity index (χ0) is 13.4. The molecule has 0 spiro atoms. The molecule has 1 aliphatic heterocycles. The van der Waals surface area contributed by atoms with Crippen LogP contribution in [0.4, 0.5) is 0 Å². The van der Waals surface area contributed by atoms with Crippen LogP contribution in [0.3, 0.4) is 0 Å². The molecule has 4 N–H and O–H groups in total. The summed E-state index contributed by atoms with van der Waals surface area (Å²) in [6.45, 7) is 3.49. The second-order valence-corrected chi connectivity index (χ2v) is 4.92. The van der Waals surface area contributed by atoms with Crippen LogP contribution in [0.5, 0.6) is 11.5 Å². The second kappa shape index (κ2) is 4.71. The minimum Gasteiger partial charge on any atom is -0.486 e. The van der Waals surface area contributed by atoms with Crippen LogP contribution in [0, 0.1) is 0 Å². The molecule has 3 rings (SSSR count). The highest BCUT2D eigenvalue weighted by atomic mass is 16.6. The highest BCUT2D eigenvalue weighted by molar-refractivity contribution is 5.87. The molecule has 6 nitrogen and oxygen atoms in total. The summed E-state index contributed by atoms with van der Waals surface area (Å²) < 4.78 is 13.5. The van der Waals surface area contributed by atoms with E-state index in [0.29, 0.717) is 19.7 Å². The SMILES string of the molecule is C[C@H](N)Cn1ncc2ccc3c(c21)O[C@@H](CN)CO3. The van der Waals surface area contributed by atoms with E-state index in [2.05, 4.69) is 5.10 Å². The van der Waals surface area contributed by atoms with E-state index in [9.17, 15) is 0 Å². The molecule has 2 atom stereocenters. The lowest BCUT2D eigenvalue weighted by molar-refractivity contribution is 0.0983. The van der Waals surface area contributed by atoms with Crippen LogP contribution in [0.1, 0.15) is 6.92 Å². The van der Waals surface area contributed by atoms with Crippen LogP contribution in [0.15, 0.2) is 18.3 Å². The third-order valence-electron chi connectivity index (χ3n) is 3.15. The summed E-state index contributed by atoms with van der Waals surface area (Å²) in [5.74, 6) is 1.46. The number of ether oxygens (including phenoxy) is 2. The molecular weight excluding hydrogens is 244 g/mol. The average Bonchev–Trinajstić information content (AvgIpc) is 2.81. The van der Waals surface area contributed by atoms with Gasteiger partial charge in [0.15, 0.2) is 11.5 Å². The van der Waals surface area contributed by atoms with Crippen LogP contribution in [-0.2, 0) is 6.54 Å². The molecule has 0 unspecified atom stereocenters. The molecule has 6 heteroatoms. The first-order chi connectivity index (χ1) is 9.19. The Morgan fingerprint density at radius 2 is 2.37 bits per heavy atom. The first-order valence-corrected chi connectivity index (χ1v) is 6.42. The van der Waals surface area contributed by atoms with Gasteiger partial charge in [-0.3, -0.25) is 4.68 Å². The molecule has 1 aliphatic rings. The number of hydrogen-bond donors (Lipinski definition) is 2. The van der Waals surface area contributed by atoms with E-state index in [4.69, 9.17) is 20.9 Å². The van der Waals surface area contributed by atoms with Crippen molar-refractivity contribution in [1.82, 2.24) is 9.78 Å². The highest BCUT2D eigenvalue weighted by Crippen LogP contribution is 2.38. The molecule has 0 amide bonds. The first kappa shape index (κ1) is 12.3. The van der Waals surface area contributed by atoms with Gasteiger partial charge in [0.25, 0.3) is 0 Å². The number of nitrogens with two attached hydrogens (primary N) is 2. The predicted molar refractivity (Wildman–Crippen MR) is 72.3 cm³/mol. The topological polar surface area (TPSA) is 88.3 Å². The number of hydrogen-bond acceptors (Lipinski definition) is 5. The Morgan fingerprint density at radius 3 is 3.11 bits per heavy atom. The van der Waals surface area contributed by atoms with Crippen molar-refractivity contribution in [3.05, 3.63) is 18.3 Å². The van der Waals surface area contributed by atoms with Gasteiger partial charge in [-0.1, -0.05) is 0 Å². The van der Waals surface area contributed by atoms with Gasteiger partial charge in [0, 0.05) is 18.0 Å². The largest absolute Gasteiger partial charge is 0.486 e. The van der Waals surface area contributed by atoms with Crippen LogP contribution >= 0.6 is 0 Å². The van der Waals surface area contributed by atoms with Gasteiger partial charge in [0.1, 0.15) is 18.2 Å². The van der Waals surface area contributed by atoms with Crippen molar-refractivity contribution in [1.29, 1.82) is 0 Å². The lowest BCUT2D eigenvalue weighted by Gasteiger charge is -2.26. The van der Waals surface area contributed by atoms with Gasteiger partial charge in [-0.25, -0.2) is 0 Å². The standard InChI is InChI=1S/C13H18N4O2/c1-8(15)6-17-12-9(5-16-17)2-3-11-13(12)19-10(4-14)7-18-11/h2-3,5,8,10H,4,6-7,14-15H2,1H3/t8-,10-/m0/s1. The summed E-state index contributed by atoms with van der Waals surface area (Å²) in [5, 5.41) is 5.38. The Labute approximate surface area is 111 Å². The minimum atomic E-state index is -0.114. The molecule has 1 aromatic carbocycles. The van der Waals surface area contributed by atoms with Crippen LogP contribution in [0.2, 0.25) is 0 Å². The first-order valence-electron chi connectivity index (χ1n) is 6.42. The molecule has 0 radical (unpaired) electrons. The summed E-state index contributed by atoms with van der Waals surface area (Å²) in [5.41, 5.74) is 12.4. The molecule has 0 saturated heterocycles. The van der Waals surface area contributed by atoms with E-state index < -0.39 is 0 Å². The molecule has 2 aromatic rings. The van der Waals surface area contributed by atoms with E-state index in [1.54, 1.807) is 0 Å². The monoisotopic (exact) mass is 262 g/mol. The van der Waals surface area contributed by atoms with Gasteiger partial charge in [0.05, 0.1) is 12.7 Å². The highest BCUT2D eigenvalue weighted by Gasteiger charge is 2.24. The molecule has 102 valence electrons. The van der Waals surface area contributed by atoms with E-state index in [1.165, 1.54) is 0 Å². The van der Waals surface area contributed by atoms with Crippen molar-refractivity contribution in [3.8, 4) is 11.5 Å². The van der Waals surface area contributed by atoms with Crippen molar-refractivity contribution in [2.75, 3.05) is 13.2 Å². The van der Waals surface area contributed by atoms with Crippen molar-refractivity contribution in [2.45, 2.75) is 25.6 Å². The molecular formula is C13H18N4O2. The molecule has 0 aliphatic carbocycles. The predicted octanol–water partition coefficient (Wildman–Crippen LogP) is 0.482. The van der Waals surface area contributed by atoms with Gasteiger partial charge in [0.2, 0.25) is 0 Å². The van der Waals surface area contributed by atoms with E-state index >= 15 is 0 Å². The minimum absolute atomic E-state index is 0.0220. The maximum absolute atomic E-state index is 5.92. The van der Waals surface area contributed by atoms with Gasteiger partial charge in [-0.05, 0) is 19.1 Å². The van der Waals surface area contributed by atoms with Gasteiger partial charge < -0.3 is 20.9 Å². The van der Waals surface area contributed by atoms with Crippen LogP contribution in [-0.4, -0.2) is 35.1 Å². The number of nitrogens with zero attached hydrogens (tertiary/aromatic N) is 2. The molecule has 0 fully saturated rings. The fourth-order valence-electron chi connectivity index (χ4n) is 2.27. The number of aromatic nitrogens is 2. The Hall–Kier alpha value is -1.79. The molecule has 2 heterocycles. The lowest BCUT2D eigenvalue weighted by Crippen LogP contribution is -2.36. The maximum Gasteiger partial charge on any atom is 0.187 e. The average molecular weight is 262 g/mol. The summed E-state index contributed by atoms with van der Waals surface area (Å²) in [6, 6.07) is 3.90. The number of benzene rings is 1. The van der Waals surface area contributed by atoms with Crippen LogP contribution in [0.25, 0.3) is 10.9 Å². The number of rotatable bonds is 3. The van der Waals surface area contributed by atoms with Crippen molar-refractivity contribution in [3.63, 3.8) is 0 Å². The summed E-state index contributed by atoms with van der Waals surface area (Å²) in [6.07, 6.45) is 1.70. The Kier molecular flexibility index (Phi) is 3.04. The zero-order valence-electron chi connectivity index (χ0n) is 10.9. The molecule has 1 aromatic heterocycles. The summed E-state index contributed by atoms with van der Waals surface area (Å²) >= 11 is 0. The van der Waals surface area contributed by atoms with Gasteiger partial charge >= 0.3 is 0 Å². The Morgan fingerprint density at radius 1 is 1.53 bits per heavy atom. The van der Waals surface area contributed by atoms with Gasteiger partial charge in [-0.2, -0.15) is 5.10 Å².